The molecule has 2 unspecified atom stereocenters. The molecular weight excluding hydrogens is 326 g/mol. The van der Waals surface area contributed by atoms with Gasteiger partial charge in [0.2, 0.25) is 5.91 Å². The zero-order chi connectivity index (χ0) is 17.7. The molecule has 0 fully saturated rings. The van der Waals surface area contributed by atoms with E-state index in [9.17, 15) is 13.8 Å². The molecule has 0 bridgehead atoms. The van der Waals surface area contributed by atoms with Gasteiger partial charge in [0.1, 0.15) is 5.25 Å². The summed E-state index contributed by atoms with van der Waals surface area (Å²) in [5, 5.41) is 11.0. The Kier molecular flexibility index (Phi) is 5.87. The molecule has 0 saturated heterocycles. The number of carboxylic acids is 1. The Morgan fingerprint density at radius 1 is 1.17 bits per heavy atom. The molecule has 2 aromatic carbocycles. The van der Waals surface area contributed by atoms with Gasteiger partial charge in [0.15, 0.2) is 0 Å². The van der Waals surface area contributed by atoms with Crippen LogP contribution in [0.15, 0.2) is 48.5 Å². The van der Waals surface area contributed by atoms with Gasteiger partial charge in [0, 0.05) is 22.2 Å². The van der Waals surface area contributed by atoms with E-state index in [0.29, 0.717) is 11.3 Å². The quantitative estimate of drug-likeness (QED) is 0.843. The predicted octanol–water partition coefficient (Wildman–Crippen LogP) is 2.97. The lowest BCUT2D eigenvalue weighted by Gasteiger charge is -2.12. The van der Waals surface area contributed by atoms with Crippen molar-refractivity contribution in [1.29, 1.82) is 0 Å². The molecule has 6 heteroatoms. The monoisotopic (exact) mass is 345 g/mol. The Morgan fingerprint density at radius 2 is 1.83 bits per heavy atom. The topological polar surface area (TPSA) is 83.5 Å². The average Bonchev–Trinajstić information content (AvgIpc) is 2.56. The molecule has 0 aliphatic carbocycles. The fourth-order valence-electron chi connectivity index (χ4n) is 2.08. The molecule has 2 N–H and O–H groups in total. The van der Waals surface area contributed by atoms with Crippen molar-refractivity contribution >= 4 is 28.4 Å². The molecule has 0 aliphatic rings. The van der Waals surface area contributed by atoms with Crippen LogP contribution in [0, 0.1) is 6.92 Å². The molecule has 0 saturated carbocycles. The number of rotatable bonds is 6. The second-order valence-electron chi connectivity index (χ2n) is 5.53. The molecule has 126 valence electrons. The van der Waals surface area contributed by atoms with Crippen LogP contribution in [0.4, 0.5) is 5.69 Å². The number of nitrogens with one attached hydrogen (secondary N) is 1. The summed E-state index contributed by atoms with van der Waals surface area (Å²) in [6, 6.07) is 13.6. The maximum absolute atomic E-state index is 12.4. The van der Waals surface area contributed by atoms with Crippen LogP contribution in [0.25, 0.3) is 0 Å². The van der Waals surface area contributed by atoms with Crippen molar-refractivity contribution in [3.8, 4) is 0 Å². The van der Waals surface area contributed by atoms with Crippen LogP contribution < -0.4 is 5.32 Å². The second kappa shape index (κ2) is 7.88. The standard InChI is InChI=1S/C18H19NO4S/c1-12-6-8-16(9-7-12)19-17(20)13(2)24(23)11-14-4-3-5-15(10-14)18(21)22/h3-10,13H,11H2,1-2H3,(H,19,20)(H,21,22). The Bertz CT molecular complexity index is 771. The lowest BCUT2D eigenvalue weighted by molar-refractivity contribution is -0.115. The minimum atomic E-state index is -1.45. The minimum absolute atomic E-state index is 0.129. The number of anilines is 1. The molecule has 0 radical (unpaired) electrons. The average molecular weight is 345 g/mol. The predicted molar refractivity (Wildman–Crippen MR) is 94.5 cm³/mol. The van der Waals surface area contributed by atoms with Gasteiger partial charge >= 0.3 is 5.97 Å². The van der Waals surface area contributed by atoms with Crippen LogP contribution in [-0.4, -0.2) is 26.4 Å². The van der Waals surface area contributed by atoms with Gasteiger partial charge < -0.3 is 10.4 Å². The Hall–Kier alpha value is -2.47. The number of carboxylic acid groups (broad SMARTS) is 1. The van der Waals surface area contributed by atoms with Crippen LogP contribution in [0.2, 0.25) is 0 Å². The molecular formula is C18H19NO4S. The number of hydrogen-bond donors (Lipinski definition) is 2. The van der Waals surface area contributed by atoms with Crippen LogP contribution >= 0.6 is 0 Å². The van der Waals surface area contributed by atoms with Gasteiger partial charge in [0.25, 0.3) is 0 Å². The molecule has 24 heavy (non-hydrogen) atoms. The SMILES string of the molecule is Cc1ccc(NC(=O)C(C)S(=O)Cc2cccc(C(=O)O)c2)cc1. The summed E-state index contributed by atoms with van der Waals surface area (Å²) in [4.78, 5) is 23.2. The van der Waals surface area contributed by atoms with E-state index >= 15 is 0 Å². The second-order valence-corrected chi connectivity index (χ2v) is 7.29. The molecule has 2 aromatic rings. The van der Waals surface area contributed by atoms with Gasteiger partial charge in [-0.25, -0.2) is 4.79 Å². The first-order chi connectivity index (χ1) is 11.4. The number of aryl methyl sites for hydroxylation is 1. The van der Waals surface area contributed by atoms with Gasteiger partial charge in [0.05, 0.1) is 5.56 Å². The van der Waals surface area contributed by atoms with Gasteiger partial charge in [-0.1, -0.05) is 29.8 Å². The molecule has 0 aliphatic heterocycles. The largest absolute Gasteiger partial charge is 0.478 e. The Labute approximate surface area is 143 Å². The highest BCUT2D eigenvalue weighted by Crippen LogP contribution is 2.13. The molecule has 0 aromatic heterocycles. The van der Waals surface area contributed by atoms with E-state index in [-0.39, 0.29) is 17.2 Å². The molecule has 0 heterocycles. The molecule has 2 atom stereocenters. The molecule has 5 nitrogen and oxygen atoms in total. The number of hydrogen-bond acceptors (Lipinski definition) is 3. The van der Waals surface area contributed by atoms with E-state index in [1.54, 1.807) is 31.2 Å². The third kappa shape index (κ3) is 4.76. The third-order valence-electron chi connectivity index (χ3n) is 3.57. The number of benzene rings is 2. The summed E-state index contributed by atoms with van der Waals surface area (Å²) in [5.41, 5.74) is 2.51. The summed E-state index contributed by atoms with van der Waals surface area (Å²) < 4.78 is 12.4. The van der Waals surface area contributed by atoms with Crippen LogP contribution in [0.3, 0.4) is 0 Å². The fraction of sp³-hybridized carbons (Fsp3) is 0.222. The van der Waals surface area contributed by atoms with Crippen molar-refractivity contribution in [3.63, 3.8) is 0 Å². The number of amides is 1. The molecule has 1 amide bonds. The number of carbonyl (C=O) groups is 2. The van der Waals surface area contributed by atoms with Crippen molar-refractivity contribution < 1.29 is 18.9 Å². The normalized spacial score (nSPS) is 13.1. The Balaban J connectivity index is 2.00. The zero-order valence-electron chi connectivity index (χ0n) is 13.5. The van der Waals surface area contributed by atoms with Gasteiger partial charge in [-0.15, -0.1) is 0 Å². The first-order valence-corrected chi connectivity index (χ1v) is 8.82. The summed E-state index contributed by atoms with van der Waals surface area (Å²) in [6.07, 6.45) is 0. The zero-order valence-corrected chi connectivity index (χ0v) is 14.3. The lowest BCUT2D eigenvalue weighted by Crippen LogP contribution is -2.29. The van der Waals surface area contributed by atoms with Crippen LogP contribution in [0.1, 0.15) is 28.4 Å². The highest BCUT2D eigenvalue weighted by Gasteiger charge is 2.20. The summed E-state index contributed by atoms with van der Waals surface area (Å²) in [6.45, 7) is 3.55. The van der Waals surface area contributed by atoms with E-state index in [4.69, 9.17) is 5.11 Å². The summed E-state index contributed by atoms with van der Waals surface area (Å²) in [7, 11) is -1.45. The number of aromatic carboxylic acids is 1. The minimum Gasteiger partial charge on any atom is -0.478 e. The third-order valence-corrected chi connectivity index (χ3v) is 5.19. The van der Waals surface area contributed by atoms with Crippen molar-refractivity contribution in [3.05, 3.63) is 65.2 Å². The summed E-state index contributed by atoms with van der Waals surface area (Å²) >= 11 is 0. The van der Waals surface area contributed by atoms with Crippen LogP contribution in [0.5, 0.6) is 0 Å². The van der Waals surface area contributed by atoms with Gasteiger partial charge in [-0.2, -0.15) is 0 Å². The highest BCUT2D eigenvalue weighted by atomic mass is 32.2. The first kappa shape index (κ1) is 17.9. The lowest BCUT2D eigenvalue weighted by atomic mass is 10.1. The molecule has 2 rings (SSSR count). The van der Waals surface area contributed by atoms with Crippen molar-refractivity contribution in [2.45, 2.75) is 24.9 Å². The van der Waals surface area contributed by atoms with Gasteiger partial charge in [-0.3, -0.25) is 9.00 Å². The maximum Gasteiger partial charge on any atom is 0.335 e. The van der Waals surface area contributed by atoms with Crippen LogP contribution in [-0.2, 0) is 21.3 Å². The maximum atomic E-state index is 12.4. The van der Waals surface area contributed by atoms with E-state index in [2.05, 4.69) is 5.32 Å². The Morgan fingerprint density at radius 3 is 2.46 bits per heavy atom. The van der Waals surface area contributed by atoms with Crippen molar-refractivity contribution in [2.24, 2.45) is 0 Å². The first-order valence-electron chi connectivity index (χ1n) is 7.44. The van der Waals surface area contributed by atoms with E-state index in [1.807, 2.05) is 19.1 Å². The van der Waals surface area contributed by atoms with E-state index in [1.165, 1.54) is 12.1 Å². The fourth-order valence-corrected chi connectivity index (χ4v) is 3.14. The molecule has 0 spiro atoms. The number of carbonyl (C=O) groups excluding carboxylic acids is 1. The van der Waals surface area contributed by atoms with Crippen molar-refractivity contribution in [2.75, 3.05) is 5.32 Å². The van der Waals surface area contributed by atoms with E-state index < -0.39 is 22.0 Å². The smallest absolute Gasteiger partial charge is 0.335 e. The highest BCUT2D eigenvalue weighted by molar-refractivity contribution is 7.85. The van der Waals surface area contributed by atoms with Gasteiger partial charge in [-0.05, 0) is 43.7 Å². The van der Waals surface area contributed by atoms with Crippen molar-refractivity contribution in [1.82, 2.24) is 0 Å². The summed E-state index contributed by atoms with van der Waals surface area (Å²) in [5.74, 6) is -1.23. The van der Waals surface area contributed by atoms with E-state index in [0.717, 1.165) is 5.56 Å².